The molecular weight excluding hydrogens is 594 g/mol. The summed E-state index contributed by atoms with van der Waals surface area (Å²) in [5.74, 6) is -3.53. The predicted octanol–water partition coefficient (Wildman–Crippen LogP) is 6.25. The van der Waals surface area contributed by atoms with E-state index >= 15 is 0 Å². The number of aryl methyl sites for hydroxylation is 1. The number of fused-ring (bicyclic) bond motifs is 2. The number of carbonyl (C=O) groups is 4. The van der Waals surface area contributed by atoms with Crippen molar-refractivity contribution >= 4 is 23.8 Å². The smallest absolute Gasteiger partial charge is 0.418 e. The van der Waals surface area contributed by atoms with E-state index in [1.807, 2.05) is 0 Å². The topological polar surface area (TPSA) is 110 Å². The summed E-state index contributed by atoms with van der Waals surface area (Å²) in [4.78, 5) is 53.2. The molecule has 12 heteroatoms. The molecule has 1 unspecified atom stereocenters. The van der Waals surface area contributed by atoms with Gasteiger partial charge in [0.05, 0.1) is 5.92 Å². The summed E-state index contributed by atoms with van der Waals surface area (Å²) in [5.41, 5.74) is 6.06. The van der Waals surface area contributed by atoms with Crippen LogP contribution in [0.2, 0.25) is 0 Å². The largest absolute Gasteiger partial charge is 0.427 e. The van der Waals surface area contributed by atoms with Gasteiger partial charge in [0.2, 0.25) is 17.4 Å². The Balaban J connectivity index is 1.50. The summed E-state index contributed by atoms with van der Waals surface area (Å²) in [6, 6.07) is 7.47. The van der Waals surface area contributed by atoms with E-state index < -0.39 is 66.5 Å². The van der Waals surface area contributed by atoms with Crippen molar-refractivity contribution < 1.29 is 41.5 Å². The molecule has 2 aliphatic rings. The number of hydrogen-bond donors (Lipinski definition) is 1. The number of nitrogens with two attached hydrogens (primary N) is 1. The number of primary amides is 1. The van der Waals surface area contributed by atoms with Gasteiger partial charge in [-0.15, -0.1) is 0 Å². The Hall–Kier alpha value is -3.96. The van der Waals surface area contributed by atoms with Crippen molar-refractivity contribution in [1.82, 2.24) is 9.80 Å². The predicted molar refractivity (Wildman–Crippen MR) is 157 cm³/mol. The number of imide groups is 1. The molecule has 2 aromatic rings. The summed E-state index contributed by atoms with van der Waals surface area (Å²) < 4.78 is 60.1. The minimum Gasteiger partial charge on any atom is -0.427 e. The fourth-order valence-corrected chi connectivity index (χ4v) is 6.12. The SMILES string of the molecule is CCCCCCCCC(C(N)=O)c1ccc2c(c1)CC[C@@]21OC(=O)N(CC(=O)N(Cc2ccc(F)cc2)[C@@H](C)C(F)(F)F)C1=O. The summed E-state index contributed by atoms with van der Waals surface area (Å²) in [7, 11) is 0. The maximum Gasteiger partial charge on any atom is 0.418 e. The maximum absolute atomic E-state index is 13.7. The summed E-state index contributed by atoms with van der Waals surface area (Å²) in [5, 5.41) is 0. The number of unbranched alkanes of at least 4 members (excludes halogenated alkanes) is 5. The molecule has 4 amide bonds. The Kier molecular flexibility index (Phi) is 10.5. The molecule has 1 saturated heterocycles. The average molecular weight is 634 g/mol. The van der Waals surface area contributed by atoms with Crippen LogP contribution < -0.4 is 5.73 Å². The molecule has 0 radical (unpaired) electrons. The van der Waals surface area contributed by atoms with Gasteiger partial charge in [-0.05, 0) is 48.6 Å². The third kappa shape index (κ3) is 7.48. The lowest BCUT2D eigenvalue weighted by molar-refractivity contribution is -0.187. The van der Waals surface area contributed by atoms with Gasteiger partial charge in [-0.25, -0.2) is 14.1 Å². The minimum absolute atomic E-state index is 0.0813. The van der Waals surface area contributed by atoms with Crippen molar-refractivity contribution in [2.24, 2.45) is 5.73 Å². The second-order valence-electron chi connectivity index (χ2n) is 11.9. The Morgan fingerprint density at radius 2 is 1.71 bits per heavy atom. The van der Waals surface area contributed by atoms with Gasteiger partial charge in [-0.1, -0.05) is 75.8 Å². The van der Waals surface area contributed by atoms with Gasteiger partial charge in [-0.2, -0.15) is 13.2 Å². The molecule has 0 saturated carbocycles. The highest BCUT2D eigenvalue weighted by molar-refractivity contribution is 6.06. The molecule has 4 rings (SSSR count). The Bertz CT molecular complexity index is 1410. The first kappa shape index (κ1) is 33.9. The van der Waals surface area contributed by atoms with Crippen LogP contribution in [0.25, 0.3) is 0 Å². The highest BCUT2D eigenvalue weighted by Crippen LogP contribution is 2.46. The number of rotatable bonds is 14. The van der Waals surface area contributed by atoms with E-state index in [0.29, 0.717) is 39.3 Å². The zero-order valence-corrected chi connectivity index (χ0v) is 25.5. The summed E-state index contributed by atoms with van der Waals surface area (Å²) >= 11 is 0. The lowest BCUT2D eigenvalue weighted by atomic mass is 9.88. The first-order valence-corrected chi connectivity index (χ1v) is 15.4. The van der Waals surface area contributed by atoms with E-state index in [9.17, 15) is 36.7 Å². The van der Waals surface area contributed by atoms with Crippen LogP contribution in [-0.4, -0.2) is 52.4 Å². The maximum atomic E-state index is 13.7. The van der Waals surface area contributed by atoms with Crippen molar-refractivity contribution in [1.29, 1.82) is 0 Å². The van der Waals surface area contributed by atoms with Crippen LogP contribution in [0, 0.1) is 5.82 Å². The van der Waals surface area contributed by atoms with Gasteiger partial charge in [0, 0.05) is 18.5 Å². The molecule has 2 aromatic carbocycles. The minimum atomic E-state index is -4.80. The molecule has 244 valence electrons. The number of halogens is 4. The van der Waals surface area contributed by atoms with E-state index in [1.54, 1.807) is 18.2 Å². The van der Waals surface area contributed by atoms with Crippen LogP contribution in [-0.2, 0) is 37.7 Å². The van der Waals surface area contributed by atoms with Crippen LogP contribution in [0.1, 0.15) is 93.4 Å². The Morgan fingerprint density at radius 3 is 2.36 bits per heavy atom. The molecule has 1 spiro atoms. The molecule has 45 heavy (non-hydrogen) atoms. The fraction of sp³-hybridized carbons (Fsp3) is 0.515. The number of ether oxygens (including phenoxy) is 1. The van der Waals surface area contributed by atoms with Gasteiger partial charge in [0.25, 0.3) is 5.91 Å². The van der Waals surface area contributed by atoms with E-state index in [4.69, 9.17) is 10.5 Å². The number of nitrogens with zero attached hydrogens (tertiary/aromatic N) is 2. The molecule has 1 aliphatic carbocycles. The molecule has 0 aromatic heterocycles. The van der Waals surface area contributed by atoms with Crippen LogP contribution >= 0.6 is 0 Å². The van der Waals surface area contributed by atoms with Gasteiger partial charge >= 0.3 is 12.3 Å². The van der Waals surface area contributed by atoms with E-state index in [2.05, 4.69) is 6.92 Å². The van der Waals surface area contributed by atoms with E-state index in [-0.39, 0.29) is 12.0 Å². The number of hydrogen-bond acceptors (Lipinski definition) is 5. The van der Waals surface area contributed by atoms with Gasteiger partial charge in [0.15, 0.2) is 0 Å². The van der Waals surface area contributed by atoms with Crippen LogP contribution in [0.15, 0.2) is 42.5 Å². The molecule has 1 aliphatic heterocycles. The molecular formula is C33H39F4N3O5. The number of alkyl halides is 3. The van der Waals surface area contributed by atoms with Crippen molar-refractivity contribution in [2.45, 2.75) is 102 Å². The first-order chi connectivity index (χ1) is 21.3. The van der Waals surface area contributed by atoms with E-state index in [0.717, 1.165) is 51.2 Å². The van der Waals surface area contributed by atoms with E-state index in [1.165, 1.54) is 18.6 Å². The average Bonchev–Trinajstić information content (AvgIpc) is 3.46. The van der Waals surface area contributed by atoms with Crippen molar-refractivity contribution in [3.63, 3.8) is 0 Å². The number of carbonyl (C=O) groups excluding carboxylic acids is 4. The zero-order valence-electron chi connectivity index (χ0n) is 25.5. The first-order valence-electron chi connectivity index (χ1n) is 15.4. The standard InChI is InChI=1S/C33H39F4N3O5/c1-3-4-5-6-7-8-9-26(29(38)42)23-12-15-27-24(18-23)16-17-32(27)30(43)40(31(44)45-32)20-28(41)39(21(2)33(35,36)37)19-22-10-13-25(34)14-11-22/h10-15,18,21,26H,3-9,16-17,19-20H2,1-2H3,(H2,38,42)/t21-,26?,32+/m0/s1. The quantitative estimate of drug-likeness (QED) is 0.196. The number of benzene rings is 2. The molecule has 3 atom stereocenters. The molecule has 8 nitrogen and oxygen atoms in total. The number of amides is 4. The highest BCUT2D eigenvalue weighted by atomic mass is 19.4. The molecule has 1 fully saturated rings. The van der Waals surface area contributed by atoms with Crippen LogP contribution in [0.3, 0.4) is 0 Å². The second-order valence-corrected chi connectivity index (χ2v) is 11.9. The molecule has 2 N–H and O–H groups in total. The lowest BCUT2D eigenvalue weighted by Gasteiger charge is -2.31. The van der Waals surface area contributed by atoms with Crippen molar-refractivity contribution in [3.8, 4) is 0 Å². The normalized spacial score (nSPS) is 19.0. The van der Waals surface area contributed by atoms with Crippen LogP contribution in [0.5, 0.6) is 0 Å². The fourth-order valence-electron chi connectivity index (χ4n) is 6.12. The Labute approximate surface area is 259 Å². The van der Waals surface area contributed by atoms with Crippen molar-refractivity contribution in [2.75, 3.05) is 6.54 Å². The van der Waals surface area contributed by atoms with Gasteiger partial charge in [-0.3, -0.25) is 14.4 Å². The van der Waals surface area contributed by atoms with Gasteiger partial charge < -0.3 is 15.4 Å². The summed E-state index contributed by atoms with van der Waals surface area (Å²) in [6.07, 6.45) is 1.42. The lowest BCUT2D eigenvalue weighted by Crippen LogP contribution is -2.51. The molecule has 0 bridgehead atoms. The summed E-state index contributed by atoms with van der Waals surface area (Å²) in [6.45, 7) is 1.45. The highest BCUT2D eigenvalue weighted by Gasteiger charge is 2.58. The third-order valence-electron chi connectivity index (χ3n) is 8.80. The second kappa shape index (κ2) is 14.0. The monoisotopic (exact) mass is 633 g/mol. The van der Waals surface area contributed by atoms with Gasteiger partial charge in [0.1, 0.15) is 18.4 Å². The van der Waals surface area contributed by atoms with Crippen LogP contribution in [0.4, 0.5) is 22.4 Å². The molecule has 1 heterocycles. The zero-order chi connectivity index (χ0) is 32.9. The van der Waals surface area contributed by atoms with Crippen molar-refractivity contribution in [3.05, 3.63) is 70.5 Å². The third-order valence-corrected chi connectivity index (χ3v) is 8.80. The Morgan fingerprint density at radius 1 is 1.04 bits per heavy atom.